The molecule has 0 amide bonds. The summed E-state index contributed by atoms with van der Waals surface area (Å²) in [6, 6.07) is 58.2. The zero-order chi connectivity index (χ0) is 35.6. The van der Waals surface area contributed by atoms with Crippen LogP contribution in [0, 0.1) is 0 Å². The largest absolute Gasteiger partial charge is 0.455 e. The van der Waals surface area contributed by atoms with Crippen molar-refractivity contribution in [3.8, 4) is 56.2 Å². The summed E-state index contributed by atoms with van der Waals surface area (Å²) < 4.78 is 13.2. The third-order valence-electron chi connectivity index (χ3n) is 10.4. The minimum Gasteiger partial charge on any atom is -0.455 e. The van der Waals surface area contributed by atoms with Gasteiger partial charge in [0.2, 0.25) is 0 Å². The molecule has 0 spiro atoms. The summed E-state index contributed by atoms with van der Waals surface area (Å²) in [4.78, 5) is 15.0. The van der Waals surface area contributed by atoms with Crippen molar-refractivity contribution in [2.45, 2.75) is 0 Å². The SMILES string of the molecule is c1ccc(-c2cc(-c3ccc(-c4cccc5c4oc4ccccc45)c4oc5ccccc5c34)nc(-c3ccc(-c4ccnc5ccccc45)cc3)n2)cc1. The van der Waals surface area contributed by atoms with Crippen LogP contribution in [0.4, 0.5) is 0 Å². The quantitative estimate of drug-likeness (QED) is 0.180. The molecule has 5 heteroatoms. The Labute approximate surface area is 309 Å². The fourth-order valence-electron chi connectivity index (χ4n) is 7.83. The number of benzene rings is 7. The molecule has 0 aliphatic carbocycles. The van der Waals surface area contributed by atoms with Gasteiger partial charge in [0.1, 0.15) is 22.3 Å². The number of nitrogens with zero attached hydrogens (tertiary/aromatic N) is 3. The van der Waals surface area contributed by atoms with E-state index in [0.29, 0.717) is 5.82 Å². The van der Waals surface area contributed by atoms with Gasteiger partial charge in [-0.05, 0) is 47.5 Å². The minimum absolute atomic E-state index is 0.648. The van der Waals surface area contributed by atoms with E-state index in [1.807, 2.05) is 66.9 Å². The van der Waals surface area contributed by atoms with Crippen molar-refractivity contribution in [3.05, 3.63) is 176 Å². The Balaban J connectivity index is 1.11. The van der Waals surface area contributed by atoms with E-state index in [-0.39, 0.29) is 0 Å². The number of aromatic nitrogens is 3. The Morgan fingerprint density at radius 2 is 1.00 bits per heavy atom. The molecule has 0 saturated carbocycles. The molecule has 0 radical (unpaired) electrons. The molecular weight excluding hydrogens is 663 g/mol. The maximum absolute atomic E-state index is 6.75. The van der Waals surface area contributed by atoms with Crippen molar-refractivity contribution in [2.75, 3.05) is 0 Å². The van der Waals surface area contributed by atoms with E-state index in [1.165, 1.54) is 0 Å². The smallest absolute Gasteiger partial charge is 0.160 e. The lowest BCUT2D eigenvalue weighted by molar-refractivity contribution is 0.665. The predicted octanol–water partition coefficient (Wildman–Crippen LogP) is 13.2. The lowest BCUT2D eigenvalue weighted by Crippen LogP contribution is -1.96. The van der Waals surface area contributed by atoms with Gasteiger partial charge in [-0.1, -0.05) is 133 Å². The Kier molecular flexibility index (Phi) is 6.79. The molecule has 252 valence electrons. The van der Waals surface area contributed by atoms with Crippen LogP contribution in [0.15, 0.2) is 185 Å². The van der Waals surface area contributed by atoms with Crippen molar-refractivity contribution < 1.29 is 8.83 Å². The highest BCUT2D eigenvalue weighted by molar-refractivity contribution is 6.18. The number of hydrogen-bond donors (Lipinski definition) is 0. The van der Waals surface area contributed by atoms with Crippen LogP contribution < -0.4 is 0 Å². The molecule has 0 unspecified atom stereocenters. The van der Waals surface area contributed by atoms with Gasteiger partial charge in [-0.2, -0.15) is 0 Å². The van der Waals surface area contributed by atoms with Crippen LogP contribution in [0.25, 0.3) is 111 Å². The van der Waals surface area contributed by atoms with Gasteiger partial charge in [0.15, 0.2) is 5.82 Å². The average Bonchev–Trinajstić information content (AvgIpc) is 3.83. The molecule has 11 aromatic rings. The zero-order valence-electron chi connectivity index (χ0n) is 28.9. The van der Waals surface area contributed by atoms with Gasteiger partial charge in [0, 0.05) is 60.9 Å². The van der Waals surface area contributed by atoms with Gasteiger partial charge in [-0.3, -0.25) is 4.98 Å². The molecule has 7 aromatic carbocycles. The topological polar surface area (TPSA) is 65.0 Å². The second-order valence-corrected chi connectivity index (χ2v) is 13.5. The Morgan fingerprint density at radius 3 is 1.85 bits per heavy atom. The molecule has 11 rings (SSSR count). The van der Waals surface area contributed by atoms with E-state index in [4.69, 9.17) is 18.8 Å². The summed E-state index contributed by atoms with van der Waals surface area (Å²) in [5, 5.41) is 5.31. The first-order valence-electron chi connectivity index (χ1n) is 18.0. The summed E-state index contributed by atoms with van der Waals surface area (Å²) in [6.45, 7) is 0. The molecule has 0 fully saturated rings. The first-order chi connectivity index (χ1) is 26.8. The second-order valence-electron chi connectivity index (χ2n) is 13.5. The van der Waals surface area contributed by atoms with Crippen LogP contribution in [0.2, 0.25) is 0 Å². The Bertz CT molecular complexity index is 3210. The van der Waals surface area contributed by atoms with Crippen molar-refractivity contribution >= 4 is 54.8 Å². The number of furan rings is 2. The lowest BCUT2D eigenvalue weighted by Gasteiger charge is -2.12. The minimum atomic E-state index is 0.648. The van der Waals surface area contributed by atoms with Gasteiger partial charge >= 0.3 is 0 Å². The maximum atomic E-state index is 6.75. The normalized spacial score (nSPS) is 11.7. The van der Waals surface area contributed by atoms with Crippen LogP contribution in [0.1, 0.15) is 0 Å². The standard InChI is InChI=1S/C49H29N3O2/c1-2-11-31(12-3-1)42-29-43(52-49(51-42)32-23-21-30(22-24-32)33-27-28-50-41-18-7-4-13-34(33)41)39-26-25-38(48-46(39)40-15-6-9-20-45(40)54-48)37-17-10-16-36-35-14-5-8-19-44(35)53-47(36)37/h1-29H. The van der Waals surface area contributed by atoms with Crippen LogP contribution in [-0.2, 0) is 0 Å². The molecule has 0 saturated heterocycles. The van der Waals surface area contributed by atoms with Crippen LogP contribution in [-0.4, -0.2) is 15.0 Å². The molecule has 0 aliphatic rings. The predicted molar refractivity (Wildman–Crippen MR) is 219 cm³/mol. The van der Waals surface area contributed by atoms with Gasteiger partial charge in [0.05, 0.1) is 16.9 Å². The zero-order valence-corrected chi connectivity index (χ0v) is 28.9. The Hall–Kier alpha value is -7.37. The lowest BCUT2D eigenvalue weighted by atomic mass is 9.95. The second kappa shape index (κ2) is 12.1. The highest BCUT2D eigenvalue weighted by Gasteiger charge is 2.22. The van der Waals surface area contributed by atoms with Gasteiger partial charge in [-0.25, -0.2) is 9.97 Å². The van der Waals surface area contributed by atoms with E-state index < -0.39 is 0 Å². The summed E-state index contributed by atoms with van der Waals surface area (Å²) >= 11 is 0. The number of fused-ring (bicyclic) bond motifs is 7. The van der Waals surface area contributed by atoms with E-state index in [1.54, 1.807) is 0 Å². The van der Waals surface area contributed by atoms with Crippen LogP contribution >= 0.6 is 0 Å². The first kappa shape index (κ1) is 30.3. The fraction of sp³-hybridized carbons (Fsp3) is 0. The molecule has 4 aromatic heterocycles. The van der Waals surface area contributed by atoms with Gasteiger partial charge in [-0.15, -0.1) is 0 Å². The van der Waals surface area contributed by atoms with E-state index >= 15 is 0 Å². The summed E-state index contributed by atoms with van der Waals surface area (Å²) in [5.41, 5.74) is 13.0. The summed E-state index contributed by atoms with van der Waals surface area (Å²) in [6.07, 6.45) is 1.87. The van der Waals surface area contributed by atoms with Crippen LogP contribution in [0.3, 0.4) is 0 Å². The first-order valence-corrected chi connectivity index (χ1v) is 18.0. The molecule has 0 atom stereocenters. The van der Waals surface area contributed by atoms with E-state index in [2.05, 4.69) is 114 Å². The third-order valence-corrected chi connectivity index (χ3v) is 10.4. The van der Waals surface area contributed by atoms with Crippen LogP contribution in [0.5, 0.6) is 0 Å². The number of para-hydroxylation sites is 4. The third kappa shape index (κ3) is 4.83. The number of rotatable bonds is 5. The Morgan fingerprint density at radius 1 is 0.370 bits per heavy atom. The van der Waals surface area contributed by atoms with Crippen molar-refractivity contribution in [2.24, 2.45) is 0 Å². The maximum Gasteiger partial charge on any atom is 0.160 e. The average molecular weight is 692 g/mol. The van der Waals surface area contributed by atoms with Gasteiger partial charge < -0.3 is 8.83 Å². The monoisotopic (exact) mass is 691 g/mol. The van der Waals surface area contributed by atoms with Gasteiger partial charge in [0.25, 0.3) is 0 Å². The molecule has 54 heavy (non-hydrogen) atoms. The number of hydrogen-bond acceptors (Lipinski definition) is 5. The fourth-order valence-corrected chi connectivity index (χ4v) is 7.83. The van der Waals surface area contributed by atoms with E-state index in [9.17, 15) is 0 Å². The molecule has 4 heterocycles. The molecular formula is C49H29N3O2. The molecule has 0 bridgehead atoms. The highest BCUT2D eigenvalue weighted by Crippen LogP contribution is 2.45. The van der Waals surface area contributed by atoms with Crippen molar-refractivity contribution in [1.82, 2.24) is 15.0 Å². The van der Waals surface area contributed by atoms with E-state index in [0.717, 1.165) is 105 Å². The molecule has 0 N–H and O–H groups in total. The molecule has 0 aliphatic heterocycles. The van der Waals surface area contributed by atoms with Crippen molar-refractivity contribution in [3.63, 3.8) is 0 Å². The summed E-state index contributed by atoms with van der Waals surface area (Å²) in [5.74, 6) is 0.648. The number of pyridine rings is 1. The van der Waals surface area contributed by atoms with Crippen molar-refractivity contribution in [1.29, 1.82) is 0 Å². The molecule has 5 nitrogen and oxygen atoms in total. The highest BCUT2D eigenvalue weighted by atomic mass is 16.3. The summed E-state index contributed by atoms with van der Waals surface area (Å²) in [7, 11) is 0.